The molecular weight excluding hydrogens is 326 g/mol. The zero-order valence-electron chi connectivity index (χ0n) is 16.7. The minimum Gasteiger partial charge on any atom is -0.350 e. The summed E-state index contributed by atoms with van der Waals surface area (Å²) in [4.78, 5) is 25.3. The van der Waals surface area contributed by atoms with Gasteiger partial charge in [0.15, 0.2) is 0 Å². The molecule has 1 aliphatic rings. The Balaban J connectivity index is 2.01. The van der Waals surface area contributed by atoms with Gasteiger partial charge in [-0.2, -0.15) is 0 Å². The molecule has 2 unspecified atom stereocenters. The van der Waals surface area contributed by atoms with Gasteiger partial charge in [-0.1, -0.05) is 46.8 Å². The lowest BCUT2D eigenvalue weighted by atomic mass is 9.86. The molecule has 5 heteroatoms. The second-order valence-electron chi connectivity index (χ2n) is 8.57. The van der Waals surface area contributed by atoms with Crippen molar-refractivity contribution in [1.29, 1.82) is 0 Å². The molecule has 5 nitrogen and oxygen atoms in total. The summed E-state index contributed by atoms with van der Waals surface area (Å²) in [5, 5.41) is 9.27. The minimum atomic E-state index is -0.535. The van der Waals surface area contributed by atoms with Crippen LogP contribution >= 0.6 is 0 Å². The maximum Gasteiger partial charge on any atom is 0.251 e. The van der Waals surface area contributed by atoms with Crippen LogP contribution in [0.2, 0.25) is 0 Å². The van der Waals surface area contributed by atoms with Crippen LogP contribution in [0.4, 0.5) is 0 Å². The van der Waals surface area contributed by atoms with Gasteiger partial charge in [-0.3, -0.25) is 9.59 Å². The number of hydrogen-bond acceptors (Lipinski definition) is 3. The topological polar surface area (TPSA) is 70.2 Å². The summed E-state index contributed by atoms with van der Waals surface area (Å²) in [6.45, 7) is 12.1. The highest BCUT2D eigenvalue weighted by molar-refractivity contribution is 5.97. The van der Waals surface area contributed by atoms with Gasteiger partial charge in [-0.05, 0) is 48.4 Å². The molecule has 2 atom stereocenters. The molecule has 1 saturated heterocycles. The summed E-state index contributed by atoms with van der Waals surface area (Å²) < 4.78 is 0. The van der Waals surface area contributed by atoms with E-state index in [1.807, 2.05) is 38.1 Å². The number of hydrogen-bond donors (Lipinski definition) is 3. The van der Waals surface area contributed by atoms with Crippen molar-refractivity contribution >= 4 is 11.8 Å². The SMILES string of the molecule is CC(C)C(NC(=O)c1ccc(C(C)(C)C)cc1)C(=O)NC1CCCNC1. The molecule has 2 amide bonds. The third-order valence-electron chi connectivity index (χ3n) is 4.89. The first-order valence-corrected chi connectivity index (χ1v) is 9.61. The number of carbonyl (C=O) groups is 2. The van der Waals surface area contributed by atoms with Crippen molar-refractivity contribution in [3.63, 3.8) is 0 Å². The van der Waals surface area contributed by atoms with Crippen molar-refractivity contribution < 1.29 is 9.59 Å². The Labute approximate surface area is 157 Å². The average Bonchev–Trinajstić information content (AvgIpc) is 2.59. The first-order chi connectivity index (χ1) is 12.2. The lowest BCUT2D eigenvalue weighted by molar-refractivity contribution is -0.124. The van der Waals surface area contributed by atoms with Crippen LogP contribution in [0.5, 0.6) is 0 Å². The van der Waals surface area contributed by atoms with Crippen LogP contribution in [0.1, 0.15) is 63.4 Å². The molecular formula is C21H33N3O2. The molecule has 2 rings (SSSR count). The summed E-state index contributed by atoms with van der Waals surface area (Å²) in [5.74, 6) is -0.293. The second kappa shape index (κ2) is 8.67. The lowest BCUT2D eigenvalue weighted by Crippen LogP contribution is -2.54. The number of benzene rings is 1. The third kappa shape index (κ3) is 5.56. The van der Waals surface area contributed by atoms with Crippen LogP contribution in [0.3, 0.4) is 0 Å². The first kappa shape index (κ1) is 20.4. The van der Waals surface area contributed by atoms with Crippen LogP contribution in [0, 0.1) is 5.92 Å². The van der Waals surface area contributed by atoms with E-state index in [0.29, 0.717) is 5.56 Å². The fourth-order valence-electron chi connectivity index (χ4n) is 3.15. The van der Waals surface area contributed by atoms with E-state index < -0.39 is 6.04 Å². The fraction of sp³-hybridized carbons (Fsp3) is 0.619. The molecule has 1 aromatic rings. The first-order valence-electron chi connectivity index (χ1n) is 9.61. The summed E-state index contributed by atoms with van der Waals surface area (Å²) in [7, 11) is 0. The Morgan fingerprint density at radius 1 is 1.15 bits per heavy atom. The maximum absolute atomic E-state index is 12.7. The van der Waals surface area contributed by atoms with E-state index in [1.54, 1.807) is 0 Å². The molecule has 0 aromatic heterocycles. The number of rotatable bonds is 5. The summed E-state index contributed by atoms with van der Waals surface area (Å²) in [6, 6.07) is 7.22. The Bertz CT molecular complexity index is 611. The van der Waals surface area contributed by atoms with Crippen LogP contribution in [0.15, 0.2) is 24.3 Å². The normalized spacial score (nSPS) is 19.1. The Hall–Kier alpha value is -1.88. The molecule has 0 aliphatic carbocycles. The summed E-state index contributed by atoms with van der Waals surface area (Å²) in [6.07, 6.45) is 2.04. The zero-order chi connectivity index (χ0) is 19.3. The van der Waals surface area contributed by atoms with Crippen molar-refractivity contribution in [2.45, 2.75) is 65.0 Å². The average molecular weight is 360 g/mol. The molecule has 1 aromatic carbocycles. The van der Waals surface area contributed by atoms with Gasteiger partial charge in [-0.25, -0.2) is 0 Å². The number of carbonyl (C=O) groups excluding carboxylic acids is 2. The van der Waals surface area contributed by atoms with Crippen LogP contribution < -0.4 is 16.0 Å². The fourth-order valence-corrected chi connectivity index (χ4v) is 3.15. The molecule has 0 spiro atoms. The van der Waals surface area contributed by atoms with Gasteiger partial charge >= 0.3 is 0 Å². The van der Waals surface area contributed by atoms with E-state index in [0.717, 1.165) is 25.9 Å². The van der Waals surface area contributed by atoms with E-state index in [9.17, 15) is 9.59 Å². The van der Waals surface area contributed by atoms with Crippen molar-refractivity contribution in [3.8, 4) is 0 Å². The molecule has 0 saturated carbocycles. The van der Waals surface area contributed by atoms with Gasteiger partial charge in [0.05, 0.1) is 0 Å². The molecule has 1 heterocycles. The van der Waals surface area contributed by atoms with Gasteiger partial charge in [0.1, 0.15) is 6.04 Å². The highest BCUT2D eigenvalue weighted by Crippen LogP contribution is 2.22. The quantitative estimate of drug-likeness (QED) is 0.757. The van der Waals surface area contributed by atoms with Crippen molar-refractivity contribution in [1.82, 2.24) is 16.0 Å². The van der Waals surface area contributed by atoms with E-state index >= 15 is 0 Å². The van der Waals surface area contributed by atoms with Gasteiger partial charge in [0.2, 0.25) is 5.91 Å². The minimum absolute atomic E-state index is 0.0179. The van der Waals surface area contributed by atoms with E-state index in [4.69, 9.17) is 0 Å². The van der Waals surface area contributed by atoms with Gasteiger partial charge in [0.25, 0.3) is 5.91 Å². The van der Waals surface area contributed by atoms with E-state index in [1.165, 1.54) is 5.56 Å². The molecule has 26 heavy (non-hydrogen) atoms. The number of piperidine rings is 1. The molecule has 1 aliphatic heterocycles. The standard InChI is InChI=1S/C21H33N3O2/c1-14(2)18(20(26)23-17-7-6-12-22-13-17)24-19(25)15-8-10-16(11-9-15)21(3,4)5/h8-11,14,17-18,22H,6-7,12-13H2,1-5H3,(H,23,26)(H,24,25). The van der Waals surface area contributed by atoms with Crippen molar-refractivity contribution in [2.75, 3.05) is 13.1 Å². The van der Waals surface area contributed by atoms with Crippen molar-refractivity contribution in [3.05, 3.63) is 35.4 Å². The summed E-state index contributed by atoms with van der Waals surface area (Å²) in [5.41, 5.74) is 1.80. The van der Waals surface area contributed by atoms with Crippen LogP contribution in [0.25, 0.3) is 0 Å². The Morgan fingerprint density at radius 2 is 1.81 bits per heavy atom. The molecule has 0 bridgehead atoms. The molecule has 1 fully saturated rings. The lowest BCUT2D eigenvalue weighted by Gasteiger charge is -2.28. The van der Waals surface area contributed by atoms with Crippen LogP contribution in [-0.2, 0) is 10.2 Å². The molecule has 0 radical (unpaired) electrons. The van der Waals surface area contributed by atoms with Gasteiger partial charge in [-0.15, -0.1) is 0 Å². The third-order valence-corrected chi connectivity index (χ3v) is 4.89. The number of nitrogens with one attached hydrogen (secondary N) is 3. The van der Waals surface area contributed by atoms with Gasteiger partial charge < -0.3 is 16.0 Å². The predicted octanol–water partition coefficient (Wildman–Crippen LogP) is 2.61. The maximum atomic E-state index is 12.7. The Morgan fingerprint density at radius 3 is 2.31 bits per heavy atom. The molecule has 3 N–H and O–H groups in total. The van der Waals surface area contributed by atoms with E-state index in [-0.39, 0.29) is 29.2 Å². The van der Waals surface area contributed by atoms with Crippen molar-refractivity contribution in [2.24, 2.45) is 5.92 Å². The number of amides is 2. The predicted molar refractivity (Wildman–Crippen MR) is 105 cm³/mol. The molecule has 144 valence electrons. The zero-order valence-corrected chi connectivity index (χ0v) is 16.7. The highest BCUT2D eigenvalue weighted by atomic mass is 16.2. The summed E-state index contributed by atoms with van der Waals surface area (Å²) >= 11 is 0. The Kier molecular flexibility index (Phi) is 6.81. The largest absolute Gasteiger partial charge is 0.350 e. The smallest absolute Gasteiger partial charge is 0.251 e. The highest BCUT2D eigenvalue weighted by Gasteiger charge is 2.27. The monoisotopic (exact) mass is 359 g/mol. The second-order valence-corrected chi connectivity index (χ2v) is 8.57. The van der Waals surface area contributed by atoms with E-state index in [2.05, 4.69) is 36.7 Å². The van der Waals surface area contributed by atoms with Gasteiger partial charge in [0, 0.05) is 18.2 Å². The van der Waals surface area contributed by atoms with Crippen LogP contribution in [-0.4, -0.2) is 37.0 Å².